The minimum Gasteiger partial charge on any atom is -0.381 e. The van der Waals surface area contributed by atoms with Gasteiger partial charge in [-0.05, 0) is 0 Å². The van der Waals surface area contributed by atoms with Crippen LogP contribution in [-0.2, 0) is 11.3 Å². The van der Waals surface area contributed by atoms with Gasteiger partial charge < -0.3 is 15.8 Å². The molecule has 4 N–H and O–H groups in total. The highest BCUT2D eigenvalue weighted by Gasteiger charge is 2.11. The van der Waals surface area contributed by atoms with Crippen LogP contribution >= 0.6 is 0 Å². The van der Waals surface area contributed by atoms with E-state index in [-0.39, 0.29) is 12.2 Å². The van der Waals surface area contributed by atoms with Crippen LogP contribution < -0.4 is 11.4 Å². The van der Waals surface area contributed by atoms with E-state index >= 15 is 0 Å². The third-order valence-electron chi connectivity index (χ3n) is 1.42. The number of amides is 1. The molecule has 0 aliphatic carbocycles. The van der Waals surface area contributed by atoms with E-state index in [1.165, 1.54) is 12.4 Å². The van der Waals surface area contributed by atoms with Crippen molar-refractivity contribution in [3.8, 4) is 0 Å². The first-order valence-electron chi connectivity index (χ1n) is 3.32. The van der Waals surface area contributed by atoms with Gasteiger partial charge in [0.25, 0.3) is 0 Å². The summed E-state index contributed by atoms with van der Waals surface area (Å²) in [5.74, 6) is -0.844. The number of nitrogens with zero attached hydrogens (tertiary/aromatic N) is 1. The van der Waals surface area contributed by atoms with E-state index < -0.39 is 12.0 Å². The molecule has 1 heterocycles. The maximum Gasteiger partial charge on any atom is 0.325 e. The van der Waals surface area contributed by atoms with Gasteiger partial charge in [0, 0.05) is 12.4 Å². The largest absolute Gasteiger partial charge is 0.381 e. The highest BCUT2D eigenvalue weighted by molar-refractivity contribution is 5.78. The van der Waals surface area contributed by atoms with E-state index in [0.717, 1.165) is 4.57 Å². The number of nitrogens with two attached hydrogens (primary N) is 1. The predicted molar refractivity (Wildman–Crippen MR) is 40.3 cm³/mol. The SMILES string of the molecule is NC(=O)C(O)Cn1cc[nH]c1=O. The summed E-state index contributed by atoms with van der Waals surface area (Å²) in [5.41, 5.74) is 4.41. The number of nitrogens with one attached hydrogen (secondary N) is 1. The van der Waals surface area contributed by atoms with Crippen molar-refractivity contribution < 1.29 is 9.90 Å². The molecule has 0 aromatic carbocycles. The summed E-state index contributed by atoms with van der Waals surface area (Å²) >= 11 is 0. The number of carbonyl (C=O) groups excluding carboxylic acids is 1. The van der Waals surface area contributed by atoms with Crippen molar-refractivity contribution in [2.24, 2.45) is 5.73 Å². The first-order valence-corrected chi connectivity index (χ1v) is 3.32. The van der Waals surface area contributed by atoms with Gasteiger partial charge >= 0.3 is 5.69 Å². The van der Waals surface area contributed by atoms with E-state index in [9.17, 15) is 9.59 Å². The van der Waals surface area contributed by atoms with Gasteiger partial charge in [-0.2, -0.15) is 0 Å². The van der Waals surface area contributed by atoms with Crippen LogP contribution in [0.2, 0.25) is 0 Å². The van der Waals surface area contributed by atoms with Crippen LogP contribution in [0, 0.1) is 0 Å². The Labute approximate surface area is 67.6 Å². The maximum absolute atomic E-state index is 10.8. The minimum atomic E-state index is -1.32. The Morgan fingerprint density at radius 1 is 1.83 bits per heavy atom. The minimum absolute atomic E-state index is 0.113. The zero-order valence-corrected chi connectivity index (χ0v) is 6.23. The van der Waals surface area contributed by atoms with Gasteiger partial charge in [0.2, 0.25) is 5.91 Å². The van der Waals surface area contributed by atoms with Gasteiger partial charge in [-0.3, -0.25) is 9.36 Å². The second-order valence-corrected chi connectivity index (χ2v) is 2.34. The molecule has 0 aliphatic heterocycles. The number of hydrogen-bond donors (Lipinski definition) is 3. The van der Waals surface area contributed by atoms with Crippen molar-refractivity contribution in [2.75, 3.05) is 0 Å². The Balaban J connectivity index is 2.70. The highest BCUT2D eigenvalue weighted by atomic mass is 16.3. The molecule has 6 nitrogen and oxygen atoms in total. The van der Waals surface area contributed by atoms with Crippen LogP contribution in [0.1, 0.15) is 0 Å². The highest BCUT2D eigenvalue weighted by Crippen LogP contribution is 1.86. The van der Waals surface area contributed by atoms with Gasteiger partial charge in [0.15, 0.2) is 6.10 Å². The standard InChI is InChI=1S/C6H9N3O3/c7-5(11)4(10)3-9-2-1-8-6(9)12/h1-2,4,10H,3H2,(H2,7,11)(H,8,12). The molecular weight excluding hydrogens is 162 g/mol. The van der Waals surface area contributed by atoms with Gasteiger partial charge in [-0.25, -0.2) is 4.79 Å². The first kappa shape index (κ1) is 8.54. The maximum atomic E-state index is 10.8. The van der Waals surface area contributed by atoms with Crippen molar-refractivity contribution in [2.45, 2.75) is 12.6 Å². The van der Waals surface area contributed by atoms with E-state index in [2.05, 4.69) is 4.98 Å². The zero-order valence-electron chi connectivity index (χ0n) is 6.23. The van der Waals surface area contributed by atoms with Crippen molar-refractivity contribution >= 4 is 5.91 Å². The molecule has 0 radical (unpaired) electrons. The lowest BCUT2D eigenvalue weighted by Gasteiger charge is -2.04. The number of hydrogen-bond acceptors (Lipinski definition) is 3. The second-order valence-electron chi connectivity index (χ2n) is 2.34. The Morgan fingerprint density at radius 3 is 2.92 bits per heavy atom. The van der Waals surface area contributed by atoms with Crippen molar-refractivity contribution in [1.29, 1.82) is 0 Å². The average Bonchev–Trinajstić information content (AvgIpc) is 2.36. The fraction of sp³-hybridized carbons (Fsp3) is 0.333. The van der Waals surface area contributed by atoms with Crippen LogP contribution in [0.15, 0.2) is 17.2 Å². The number of aromatic amines is 1. The number of H-pyrrole nitrogens is 1. The first-order chi connectivity index (χ1) is 5.61. The second kappa shape index (κ2) is 3.22. The average molecular weight is 171 g/mol. The molecule has 1 rings (SSSR count). The van der Waals surface area contributed by atoms with Crippen molar-refractivity contribution in [1.82, 2.24) is 9.55 Å². The molecule has 0 fully saturated rings. The fourth-order valence-corrected chi connectivity index (χ4v) is 0.769. The quantitative estimate of drug-likeness (QED) is 0.491. The van der Waals surface area contributed by atoms with Gasteiger partial charge in [0.1, 0.15) is 0 Å². The lowest BCUT2D eigenvalue weighted by molar-refractivity contribution is -0.126. The van der Waals surface area contributed by atoms with Crippen molar-refractivity contribution in [3.05, 3.63) is 22.9 Å². The summed E-state index contributed by atoms with van der Waals surface area (Å²) in [5, 5.41) is 8.97. The van der Waals surface area contributed by atoms with E-state index in [1.807, 2.05) is 0 Å². The van der Waals surface area contributed by atoms with Crippen LogP contribution in [-0.4, -0.2) is 26.7 Å². The number of aliphatic hydroxyl groups is 1. The molecule has 1 aromatic heterocycles. The van der Waals surface area contributed by atoms with Gasteiger partial charge in [-0.1, -0.05) is 0 Å². The van der Waals surface area contributed by atoms with Crippen LogP contribution in [0.25, 0.3) is 0 Å². The summed E-state index contributed by atoms with van der Waals surface area (Å²) in [6.45, 7) is -0.113. The molecule has 66 valence electrons. The lowest BCUT2D eigenvalue weighted by Crippen LogP contribution is -2.34. The topological polar surface area (TPSA) is 101 Å². The van der Waals surface area contributed by atoms with E-state index in [1.54, 1.807) is 0 Å². The summed E-state index contributed by atoms with van der Waals surface area (Å²) in [4.78, 5) is 23.6. The summed E-state index contributed by atoms with van der Waals surface area (Å²) in [7, 11) is 0. The van der Waals surface area contributed by atoms with E-state index in [4.69, 9.17) is 10.8 Å². The third kappa shape index (κ3) is 1.73. The summed E-state index contributed by atoms with van der Waals surface area (Å²) in [6.07, 6.45) is 1.52. The Kier molecular flexibility index (Phi) is 2.29. The molecule has 0 saturated carbocycles. The molecule has 0 bridgehead atoms. The summed E-state index contributed by atoms with van der Waals surface area (Å²) in [6, 6.07) is 0. The summed E-state index contributed by atoms with van der Waals surface area (Å²) < 4.78 is 1.16. The molecule has 0 spiro atoms. The fourth-order valence-electron chi connectivity index (χ4n) is 0.769. The lowest BCUT2D eigenvalue weighted by atomic mass is 10.3. The molecule has 1 atom stereocenters. The number of primary amides is 1. The Bertz CT molecular complexity index is 327. The molecule has 12 heavy (non-hydrogen) atoms. The van der Waals surface area contributed by atoms with Gasteiger partial charge in [0.05, 0.1) is 6.54 Å². The molecule has 0 aliphatic rings. The number of aliphatic hydroxyl groups excluding tert-OH is 1. The van der Waals surface area contributed by atoms with Gasteiger partial charge in [-0.15, -0.1) is 0 Å². The number of carbonyl (C=O) groups is 1. The zero-order chi connectivity index (χ0) is 9.14. The number of imidazole rings is 1. The molecule has 1 amide bonds. The van der Waals surface area contributed by atoms with Crippen molar-refractivity contribution in [3.63, 3.8) is 0 Å². The normalized spacial score (nSPS) is 12.8. The van der Waals surface area contributed by atoms with E-state index in [0.29, 0.717) is 0 Å². The smallest absolute Gasteiger partial charge is 0.325 e. The third-order valence-corrected chi connectivity index (χ3v) is 1.42. The molecule has 1 unspecified atom stereocenters. The predicted octanol–water partition coefficient (Wildman–Crippen LogP) is -1.98. The Hall–Kier alpha value is -1.56. The number of rotatable bonds is 3. The van der Waals surface area contributed by atoms with Crippen LogP contribution in [0.4, 0.5) is 0 Å². The van der Waals surface area contributed by atoms with Crippen LogP contribution in [0.5, 0.6) is 0 Å². The number of aromatic nitrogens is 2. The van der Waals surface area contributed by atoms with Crippen LogP contribution in [0.3, 0.4) is 0 Å². The molecule has 1 aromatic rings. The Morgan fingerprint density at radius 2 is 2.50 bits per heavy atom. The molecular formula is C6H9N3O3. The molecule has 0 saturated heterocycles. The molecule has 6 heteroatoms. The monoisotopic (exact) mass is 171 g/mol.